The zero-order chi connectivity index (χ0) is 11.3. The molecular weight excluding hydrogens is 188 g/mol. The molecule has 0 aromatic heterocycles. The summed E-state index contributed by atoms with van der Waals surface area (Å²) in [5, 5.41) is 8.74. The van der Waals surface area contributed by atoms with Gasteiger partial charge in [-0.25, -0.2) is 0 Å². The third-order valence-corrected chi connectivity index (χ3v) is 2.69. The van der Waals surface area contributed by atoms with Crippen LogP contribution in [0.5, 0.6) is 0 Å². The summed E-state index contributed by atoms with van der Waals surface area (Å²) < 4.78 is 0. The third-order valence-electron chi connectivity index (χ3n) is 2.69. The summed E-state index contributed by atoms with van der Waals surface area (Å²) in [5.41, 5.74) is 2.47. The van der Waals surface area contributed by atoms with E-state index in [9.17, 15) is 4.79 Å². The predicted octanol–water partition coefficient (Wildman–Crippen LogP) is 3.04. The highest BCUT2D eigenvalue weighted by Crippen LogP contribution is 2.16. The molecule has 0 saturated carbocycles. The zero-order valence-electron chi connectivity index (χ0n) is 9.36. The molecule has 1 N–H and O–H groups in total. The van der Waals surface area contributed by atoms with Gasteiger partial charge in [0.25, 0.3) is 0 Å². The molecular formula is C13H18O2. The minimum atomic E-state index is -0.700. The average molecular weight is 206 g/mol. The Hall–Kier alpha value is -1.31. The standard InChI is InChI=1S/C13H18O2/c1-3-11(9-13(14)15)8-12-6-4-10(2)5-7-12/h4-7,11H,3,8-9H2,1-2H3,(H,14,15). The Balaban J connectivity index is 2.58. The van der Waals surface area contributed by atoms with E-state index in [1.807, 2.05) is 6.92 Å². The second kappa shape index (κ2) is 5.54. The van der Waals surface area contributed by atoms with Gasteiger partial charge >= 0.3 is 5.97 Å². The van der Waals surface area contributed by atoms with Gasteiger partial charge in [-0.15, -0.1) is 0 Å². The van der Waals surface area contributed by atoms with Crippen LogP contribution in [0.2, 0.25) is 0 Å². The molecule has 0 radical (unpaired) electrons. The van der Waals surface area contributed by atoms with Gasteiger partial charge in [-0.1, -0.05) is 43.2 Å². The lowest BCUT2D eigenvalue weighted by molar-refractivity contribution is -0.138. The number of aliphatic carboxylic acids is 1. The van der Waals surface area contributed by atoms with E-state index in [-0.39, 0.29) is 12.3 Å². The second-order valence-corrected chi connectivity index (χ2v) is 4.06. The smallest absolute Gasteiger partial charge is 0.303 e. The molecule has 0 heterocycles. The van der Waals surface area contributed by atoms with E-state index in [0.29, 0.717) is 0 Å². The number of benzene rings is 1. The molecule has 2 heteroatoms. The van der Waals surface area contributed by atoms with Crippen molar-refractivity contribution < 1.29 is 9.90 Å². The van der Waals surface area contributed by atoms with E-state index in [1.54, 1.807) is 0 Å². The number of carbonyl (C=O) groups is 1. The highest BCUT2D eigenvalue weighted by atomic mass is 16.4. The van der Waals surface area contributed by atoms with E-state index < -0.39 is 5.97 Å². The highest BCUT2D eigenvalue weighted by molar-refractivity contribution is 5.67. The first-order valence-corrected chi connectivity index (χ1v) is 5.39. The van der Waals surface area contributed by atoms with Crippen LogP contribution in [-0.2, 0) is 11.2 Å². The maximum absolute atomic E-state index is 10.6. The number of hydrogen-bond donors (Lipinski definition) is 1. The van der Waals surface area contributed by atoms with Crippen molar-refractivity contribution in [1.29, 1.82) is 0 Å². The molecule has 0 aliphatic rings. The lowest BCUT2D eigenvalue weighted by Crippen LogP contribution is -2.09. The van der Waals surface area contributed by atoms with Crippen molar-refractivity contribution in [3.8, 4) is 0 Å². The first-order chi connectivity index (χ1) is 7.11. The van der Waals surface area contributed by atoms with Crippen LogP contribution >= 0.6 is 0 Å². The molecule has 2 nitrogen and oxygen atoms in total. The van der Waals surface area contributed by atoms with E-state index >= 15 is 0 Å². The quantitative estimate of drug-likeness (QED) is 0.804. The van der Waals surface area contributed by atoms with Gasteiger partial charge < -0.3 is 5.11 Å². The van der Waals surface area contributed by atoms with Crippen LogP contribution in [0.15, 0.2) is 24.3 Å². The third kappa shape index (κ3) is 4.15. The van der Waals surface area contributed by atoms with Crippen molar-refractivity contribution in [2.75, 3.05) is 0 Å². The summed E-state index contributed by atoms with van der Waals surface area (Å²) in [6, 6.07) is 8.31. The highest BCUT2D eigenvalue weighted by Gasteiger charge is 2.11. The van der Waals surface area contributed by atoms with Crippen molar-refractivity contribution >= 4 is 5.97 Å². The van der Waals surface area contributed by atoms with E-state index in [1.165, 1.54) is 11.1 Å². The van der Waals surface area contributed by atoms with Gasteiger partial charge in [-0.05, 0) is 24.8 Å². The molecule has 1 atom stereocenters. The summed E-state index contributed by atoms with van der Waals surface area (Å²) in [5.74, 6) is -0.445. The molecule has 15 heavy (non-hydrogen) atoms. The van der Waals surface area contributed by atoms with Crippen molar-refractivity contribution in [2.45, 2.75) is 33.1 Å². The largest absolute Gasteiger partial charge is 0.481 e. The van der Waals surface area contributed by atoms with Crippen LogP contribution in [0.25, 0.3) is 0 Å². The van der Waals surface area contributed by atoms with E-state index in [4.69, 9.17) is 5.11 Å². The van der Waals surface area contributed by atoms with E-state index in [0.717, 1.165) is 12.8 Å². The Morgan fingerprint density at radius 2 is 1.93 bits per heavy atom. The minimum absolute atomic E-state index is 0.255. The van der Waals surface area contributed by atoms with Crippen LogP contribution in [0.1, 0.15) is 30.9 Å². The maximum atomic E-state index is 10.6. The summed E-state index contributed by atoms with van der Waals surface area (Å²) >= 11 is 0. The van der Waals surface area contributed by atoms with Crippen molar-refractivity contribution in [3.63, 3.8) is 0 Å². The maximum Gasteiger partial charge on any atom is 0.303 e. The Morgan fingerprint density at radius 3 is 2.40 bits per heavy atom. The SMILES string of the molecule is CCC(CC(=O)O)Cc1ccc(C)cc1. The van der Waals surface area contributed by atoms with Gasteiger partial charge in [0.2, 0.25) is 0 Å². The number of carboxylic acid groups (broad SMARTS) is 1. The number of carboxylic acids is 1. The average Bonchev–Trinajstić information content (AvgIpc) is 2.19. The van der Waals surface area contributed by atoms with E-state index in [2.05, 4.69) is 31.2 Å². The first kappa shape index (κ1) is 11.8. The second-order valence-electron chi connectivity index (χ2n) is 4.06. The van der Waals surface area contributed by atoms with Crippen LogP contribution in [0, 0.1) is 12.8 Å². The van der Waals surface area contributed by atoms with Gasteiger partial charge in [0, 0.05) is 6.42 Å². The van der Waals surface area contributed by atoms with Crippen molar-refractivity contribution in [2.24, 2.45) is 5.92 Å². The van der Waals surface area contributed by atoms with Gasteiger partial charge in [0.1, 0.15) is 0 Å². The molecule has 0 spiro atoms. The topological polar surface area (TPSA) is 37.3 Å². The van der Waals surface area contributed by atoms with Crippen LogP contribution in [0.4, 0.5) is 0 Å². The van der Waals surface area contributed by atoms with Gasteiger partial charge in [0.15, 0.2) is 0 Å². The molecule has 0 bridgehead atoms. The molecule has 0 aliphatic carbocycles. The number of aryl methyl sites for hydroxylation is 1. The Morgan fingerprint density at radius 1 is 1.33 bits per heavy atom. The molecule has 0 saturated heterocycles. The fourth-order valence-electron chi connectivity index (χ4n) is 1.67. The predicted molar refractivity (Wildman–Crippen MR) is 60.9 cm³/mol. The summed E-state index contributed by atoms with van der Waals surface area (Å²) in [6.45, 7) is 4.10. The first-order valence-electron chi connectivity index (χ1n) is 5.39. The van der Waals surface area contributed by atoms with Gasteiger partial charge in [-0.2, -0.15) is 0 Å². The molecule has 82 valence electrons. The van der Waals surface area contributed by atoms with Crippen LogP contribution in [-0.4, -0.2) is 11.1 Å². The molecule has 0 aliphatic heterocycles. The molecule has 1 rings (SSSR count). The zero-order valence-corrected chi connectivity index (χ0v) is 9.36. The lowest BCUT2D eigenvalue weighted by Gasteiger charge is -2.12. The Bertz CT molecular complexity index is 314. The van der Waals surface area contributed by atoms with Crippen LogP contribution < -0.4 is 0 Å². The van der Waals surface area contributed by atoms with Gasteiger partial charge in [0.05, 0.1) is 0 Å². The molecule has 0 amide bonds. The Kier molecular flexibility index (Phi) is 4.35. The van der Waals surface area contributed by atoms with Crippen molar-refractivity contribution in [1.82, 2.24) is 0 Å². The van der Waals surface area contributed by atoms with Crippen LogP contribution in [0.3, 0.4) is 0 Å². The molecule has 1 aromatic rings. The normalized spacial score (nSPS) is 12.4. The molecule has 0 fully saturated rings. The summed E-state index contributed by atoms with van der Waals surface area (Å²) in [6.07, 6.45) is 2.05. The number of rotatable bonds is 5. The van der Waals surface area contributed by atoms with Crippen molar-refractivity contribution in [3.05, 3.63) is 35.4 Å². The fourth-order valence-corrected chi connectivity index (χ4v) is 1.67. The summed E-state index contributed by atoms with van der Waals surface area (Å²) in [7, 11) is 0. The molecule has 1 unspecified atom stereocenters. The lowest BCUT2D eigenvalue weighted by atomic mass is 9.93. The Labute approximate surface area is 90.9 Å². The number of hydrogen-bond acceptors (Lipinski definition) is 1. The minimum Gasteiger partial charge on any atom is -0.481 e. The molecule has 1 aromatic carbocycles. The summed E-state index contributed by atoms with van der Waals surface area (Å²) in [4.78, 5) is 10.6. The monoisotopic (exact) mass is 206 g/mol. The van der Waals surface area contributed by atoms with Gasteiger partial charge in [-0.3, -0.25) is 4.79 Å². The fraction of sp³-hybridized carbons (Fsp3) is 0.462.